The Bertz CT molecular complexity index is 598. The first-order chi connectivity index (χ1) is 10.6. The molecule has 1 aromatic carbocycles. The maximum absolute atomic E-state index is 11.2. The Morgan fingerprint density at radius 1 is 0.833 bits per heavy atom. The Morgan fingerprint density at radius 3 is 1.42 bits per heavy atom. The van der Waals surface area contributed by atoms with Gasteiger partial charge in [0.05, 0.1) is 0 Å². The normalized spacial score (nSPS) is 11.2. The summed E-state index contributed by atoms with van der Waals surface area (Å²) >= 11 is 11.4. The van der Waals surface area contributed by atoms with E-state index >= 15 is 0 Å². The molecular formula is C12H7Cl2F6NO3. The average molecular weight is 398 g/mol. The molecule has 0 saturated heterocycles. The molecule has 0 unspecified atom stereocenters. The molecule has 1 aromatic rings. The van der Waals surface area contributed by atoms with Gasteiger partial charge in [0.1, 0.15) is 0 Å². The quantitative estimate of drug-likeness (QED) is 0.600. The van der Waals surface area contributed by atoms with Gasteiger partial charge in [0, 0.05) is 22.7 Å². The van der Waals surface area contributed by atoms with E-state index in [0.29, 0.717) is 15.7 Å². The number of anilines is 1. The minimum absolute atomic E-state index is 0.145. The molecular weight excluding hydrogens is 391 g/mol. The highest BCUT2D eigenvalue weighted by molar-refractivity contribution is 6.41. The fourth-order valence-electron chi connectivity index (χ4n) is 1.09. The van der Waals surface area contributed by atoms with Gasteiger partial charge < -0.3 is 5.32 Å². The van der Waals surface area contributed by atoms with Crippen molar-refractivity contribution < 1.29 is 40.7 Å². The minimum Gasteiger partial charge on any atom is -0.326 e. The Balaban J connectivity index is 0.000000441. The summed E-state index contributed by atoms with van der Waals surface area (Å²) in [5.74, 6) is -6.96. The van der Waals surface area contributed by atoms with E-state index in [9.17, 15) is 40.7 Å². The molecule has 0 aromatic heterocycles. The van der Waals surface area contributed by atoms with Gasteiger partial charge in [0.15, 0.2) is 0 Å². The van der Waals surface area contributed by atoms with Crippen molar-refractivity contribution in [2.24, 2.45) is 0 Å². The zero-order valence-electron chi connectivity index (χ0n) is 11.5. The average Bonchev–Trinajstić information content (AvgIpc) is 2.33. The van der Waals surface area contributed by atoms with E-state index in [-0.39, 0.29) is 5.91 Å². The van der Waals surface area contributed by atoms with Crippen LogP contribution in [0.1, 0.15) is 6.92 Å². The summed E-state index contributed by atoms with van der Waals surface area (Å²) in [7, 11) is 0. The van der Waals surface area contributed by atoms with Crippen molar-refractivity contribution in [2.75, 3.05) is 5.32 Å². The fraction of sp³-hybridized carbons (Fsp3) is 0.250. The number of ketones is 2. The van der Waals surface area contributed by atoms with Gasteiger partial charge >= 0.3 is 23.9 Å². The Morgan fingerprint density at radius 2 is 1.17 bits per heavy atom. The zero-order chi connectivity index (χ0) is 19.3. The molecule has 0 aliphatic carbocycles. The lowest BCUT2D eigenvalue weighted by molar-refractivity contribution is -0.193. The Hall–Kier alpha value is -1.81. The molecule has 134 valence electrons. The Kier molecular flexibility index (Phi) is 7.71. The number of alkyl halides is 6. The molecule has 0 heterocycles. The van der Waals surface area contributed by atoms with Crippen molar-refractivity contribution >= 4 is 46.4 Å². The van der Waals surface area contributed by atoms with Crippen LogP contribution in [0.4, 0.5) is 32.0 Å². The van der Waals surface area contributed by atoms with Crippen LogP contribution in [0.5, 0.6) is 0 Å². The van der Waals surface area contributed by atoms with Gasteiger partial charge in [0.25, 0.3) is 0 Å². The van der Waals surface area contributed by atoms with E-state index in [2.05, 4.69) is 5.32 Å². The van der Waals surface area contributed by atoms with E-state index in [1.54, 1.807) is 18.2 Å². The largest absolute Gasteiger partial charge is 0.458 e. The highest BCUT2D eigenvalue weighted by Gasteiger charge is 2.54. The van der Waals surface area contributed by atoms with Crippen LogP contribution in [0.2, 0.25) is 10.0 Å². The molecule has 0 spiro atoms. The number of hydrogen-bond donors (Lipinski definition) is 1. The van der Waals surface area contributed by atoms with Crippen molar-refractivity contribution in [3.8, 4) is 0 Å². The highest BCUT2D eigenvalue weighted by atomic mass is 35.5. The number of carbonyl (C=O) groups excluding carboxylic acids is 3. The molecule has 0 atom stereocenters. The standard InChI is InChI=1S/C8H7Cl2NO.C4F6O2/c1-5(12)11-8-3-6(9)2-7(10)4-8;5-3(6,7)1(11)2(12)4(8,9)10/h2-4H,1H3,(H,11,12);. The lowest BCUT2D eigenvalue weighted by Crippen LogP contribution is -2.39. The lowest BCUT2D eigenvalue weighted by Gasteiger charge is -2.05. The first-order valence-electron chi connectivity index (χ1n) is 5.61. The van der Waals surface area contributed by atoms with E-state index in [4.69, 9.17) is 23.2 Å². The molecule has 0 bridgehead atoms. The van der Waals surface area contributed by atoms with E-state index in [1.807, 2.05) is 0 Å². The number of Topliss-reactive ketones (excluding diaryl/α,β-unsaturated/α-hetero) is 2. The molecule has 0 aliphatic heterocycles. The maximum Gasteiger partial charge on any atom is 0.458 e. The van der Waals surface area contributed by atoms with Crippen molar-refractivity contribution in [3.63, 3.8) is 0 Å². The summed E-state index contributed by atoms with van der Waals surface area (Å²) in [6.07, 6.45) is -11.5. The van der Waals surface area contributed by atoms with Crippen LogP contribution in [0, 0.1) is 0 Å². The fourth-order valence-corrected chi connectivity index (χ4v) is 1.61. The number of hydrogen-bond acceptors (Lipinski definition) is 3. The molecule has 0 fully saturated rings. The van der Waals surface area contributed by atoms with Gasteiger partial charge in [-0.05, 0) is 18.2 Å². The van der Waals surface area contributed by atoms with Crippen molar-refractivity contribution in [3.05, 3.63) is 28.2 Å². The molecule has 0 aliphatic rings. The summed E-state index contributed by atoms with van der Waals surface area (Å²) < 4.78 is 67.0. The second kappa shape index (κ2) is 8.34. The number of benzene rings is 1. The summed E-state index contributed by atoms with van der Waals surface area (Å²) in [5, 5.41) is 3.59. The second-order valence-corrected chi connectivity index (χ2v) is 4.87. The number of amides is 1. The molecule has 24 heavy (non-hydrogen) atoms. The molecule has 4 nitrogen and oxygen atoms in total. The van der Waals surface area contributed by atoms with Gasteiger partial charge in [-0.3, -0.25) is 14.4 Å². The topological polar surface area (TPSA) is 63.2 Å². The molecule has 0 saturated carbocycles. The molecule has 1 N–H and O–H groups in total. The summed E-state index contributed by atoms with van der Waals surface area (Å²) in [5.41, 5.74) is 0.611. The first-order valence-corrected chi connectivity index (χ1v) is 6.36. The number of nitrogens with one attached hydrogen (secondary N) is 1. The Labute approximate surface area is 140 Å². The predicted octanol–water partition coefficient (Wildman–Crippen LogP) is 4.20. The number of rotatable bonds is 2. The lowest BCUT2D eigenvalue weighted by atomic mass is 10.2. The van der Waals surface area contributed by atoms with E-state index in [0.717, 1.165) is 0 Å². The summed E-state index contributed by atoms with van der Waals surface area (Å²) in [6, 6.07) is 4.87. The maximum atomic E-state index is 11.2. The SMILES string of the molecule is CC(=O)Nc1cc(Cl)cc(Cl)c1.O=C(C(=O)C(F)(F)F)C(F)(F)F. The molecule has 1 amide bonds. The summed E-state index contributed by atoms with van der Waals surface area (Å²) in [6.45, 7) is 1.43. The summed E-state index contributed by atoms with van der Waals surface area (Å²) in [4.78, 5) is 29.9. The van der Waals surface area contributed by atoms with Gasteiger partial charge in [-0.2, -0.15) is 26.3 Å². The minimum atomic E-state index is -5.77. The molecule has 12 heteroatoms. The van der Waals surface area contributed by atoms with Crippen molar-refractivity contribution in [1.82, 2.24) is 0 Å². The van der Waals surface area contributed by atoms with Gasteiger partial charge in [0.2, 0.25) is 5.91 Å². The monoisotopic (exact) mass is 397 g/mol. The third-order valence-electron chi connectivity index (χ3n) is 1.90. The van der Waals surface area contributed by atoms with E-state index < -0.39 is 23.9 Å². The van der Waals surface area contributed by atoms with Gasteiger partial charge in [-0.1, -0.05) is 23.2 Å². The third kappa shape index (κ3) is 8.16. The first kappa shape index (κ1) is 22.2. The second-order valence-electron chi connectivity index (χ2n) is 3.99. The van der Waals surface area contributed by atoms with Crippen LogP contribution in [-0.4, -0.2) is 29.8 Å². The molecule has 0 radical (unpaired) electrons. The van der Waals surface area contributed by atoms with Crippen LogP contribution in [0.25, 0.3) is 0 Å². The van der Waals surface area contributed by atoms with Gasteiger partial charge in [-0.15, -0.1) is 0 Å². The van der Waals surface area contributed by atoms with Crippen LogP contribution in [0.15, 0.2) is 18.2 Å². The predicted molar refractivity (Wildman–Crippen MR) is 72.9 cm³/mol. The van der Waals surface area contributed by atoms with Crippen molar-refractivity contribution in [1.29, 1.82) is 0 Å². The van der Waals surface area contributed by atoms with Crippen LogP contribution < -0.4 is 5.32 Å². The number of carbonyl (C=O) groups is 3. The van der Waals surface area contributed by atoms with Gasteiger partial charge in [-0.25, -0.2) is 0 Å². The zero-order valence-corrected chi connectivity index (χ0v) is 13.0. The van der Waals surface area contributed by atoms with Crippen molar-refractivity contribution in [2.45, 2.75) is 19.3 Å². The van der Waals surface area contributed by atoms with Crippen LogP contribution in [-0.2, 0) is 14.4 Å². The van der Waals surface area contributed by atoms with Crippen LogP contribution >= 0.6 is 23.2 Å². The molecule has 1 rings (SSSR count). The number of halogens is 8. The smallest absolute Gasteiger partial charge is 0.326 e. The van der Waals surface area contributed by atoms with Crippen LogP contribution in [0.3, 0.4) is 0 Å². The third-order valence-corrected chi connectivity index (χ3v) is 2.34. The van der Waals surface area contributed by atoms with E-state index in [1.165, 1.54) is 6.92 Å². The highest BCUT2D eigenvalue weighted by Crippen LogP contribution is 2.24.